The van der Waals surface area contributed by atoms with Crippen molar-refractivity contribution in [3.05, 3.63) is 24.3 Å². The van der Waals surface area contributed by atoms with Gasteiger partial charge in [0.25, 0.3) is 0 Å². The van der Waals surface area contributed by atoms with E-state index in [2.05, 4.69) is 0 Å². The summed E-state index contributed by atoms with van der Waals surface area (Å²) in [6.07, 6.45) is 0. The molecule has 0 unspecified atom stereocenters. The average molecular weight is 169 g/mol. The van der Waals surface area contributed by atoms with Gasteiger partial charge in [0.2, 0.25) is 0 Å². The third kappa shape index (κ3) is 2.46. The Morgan fingerprint density at radius 3 is 2.55 bits per heavy atom. The van der Waals surface area contributed by atoms with Crippen LogP contribution in [0.5, 0.6) is 5.75 Å². The number of benzene rings is 1. The van der Waals surface area contributed by atoms with Gasteiger partial charge in [0.05, 0.1) is 7.11 Å². The van der Waals surface area contributed by atoms with Gasteiger partial charge < -0.3 is 4.74 Å². The molecule has 1 rings (SSSR count). The molecule has 11 heavy (non-hydrogen) atoms. The average Bonchev–Trinajstić information content (AvgIpc) is 2.03. The van der Waals surface area contributed by atoms with Crippen LogP contribution in [0, 0.1) is 0 Å². The zero-order chi connectivity index (χ0) is 9.90. The molecule has 0 saturated heterocycles. The minimum Gasteiger partial charge on any atom is -0.497 e. The Morgan fingerprint density at radius 2 is 2.09 bits per heavy atom. The second kappa shape index (κ2) is 4.29. The van der Waals surface area contributed by atoms with Crippen LogP contribution in [0.1, 0.15) is 9.67 Å². The third-order valence-corrected chi connectivity index (χ3v) is 1.99. The van der Waals surface area contributed by atoms with Gasteiger partial charge in [0.1, 0.15) is 5.75 Å². The Hall–Kier alpha value is -0.630. The van der Waals surface area contributed by atoms with Gasteiger partial charge in [-0.05, 0) is 30.0 Å². The molecule has 1 nitrogen and oxygen atoms in total. The summed E-state index contributed by atoms with van der Waals surface area (Å²) >= 11 is 1.20. The smallest absolute Gasteiger partial charge is 0.118 e. The fraction of sp³-hybridized carbons (Fsp3) is 0.333. The van der Waals surface area contributed by atoms with Crippen molar-refractivity contribution in [3.63, 3.8) is 0 Å². The summed E-state index contributed by atoms with van der Waals surface area (Å²) in [6, 6.07) is 7.36. The summed E-state index contributed by atoms with van der Waals surface area (Å²) in [5, 5.41) is 0. The van der Waals surface area contributed by atoms with E-state index in [-0.39, 0.29) is 0 Å². The predicted octanol–water partition coefficient (Wildman–Crippen LogP) is 2.81. The van der Waals surface area contributed by atoms with Crippen molar-refractivity contribution in [1.82, 2.24) is 0 Å². The molecule has 0 heterocycles. The van der Waals surface area contributed by atoms with Crippen LogP contribution >= 0.6 is 11.8 Å². The van der Waals surface area contributed by atoms with Crippen molar-refractivity contribution < 1.29 is 7.48 Å². The van der Waals surface area contributed by atoms with Gasteiger partial charge in [-0.15, -0.1) is 11.8 Å². The molecule has 0 spiro atoms. The van der Waals surface area contributed by atoms with Gasteiger partial charge in [0.15, 0.2) is 0 Å². The fourth-order valence-electron chi connectivity index (χ4n) is 0.762. The molecule has 1 aromatic carbocycles. The maximum absolute atomic E-state index is 7.37. The third-order valence-electron chi connectivity index (χ3n) is 1.28. The summed E-state index contributed by atoms with van der Waals surface area (Å²) in [4.78, 5) is 0.910. The van der Waals surface area contributed by atoms with Crippen LogP contribution in [0.3, 0.4) is 0 Å². The first-order valence-electron chi connectivity index (χ1n) is 4.34. The van der Waals surface area contributed by atoms with Gasteiger partial charge in [-0.2, -0.15) is 0 Å². The number of methoxy groups -OCH3 is 1. The van der Waals surface area contributed by atoms with Crippen LogP contribution < -0.4 is 4.74 Å². The Bertz CT molecular complexity index is 266. The summed E-state index contributed by atoms with van der Waals surface area (Å²) < 4.78 is 19.7. The van der Waals surface area contributed by atoms with Crippen molar-refractivity contribution in [1.29, 1.82) is 0 Å². The summed E-state index contributed by atoms with van der Waals surface area (Å²) in [5.74, 6) is 0.793. The lowest BCUT2D eigenvalue weighted by Crippen LogP contribution is -1.81. The molecule has 0 aliphatic carbocycles. The highest BCUT2D eigenvalue weighted by Gasteiger charge is 1.91. The molecule has 0 aliphatic heterocycles. The van der Waals surface area contributed by atoms with Crippen LogP contribution in [-0.4, -0.2) is 12.8 Å². The number of thioether (sulfide) groups is 1. The van der Waals surface area contributed by atoms with Crippen molar-refractivity contribution >= 4 is 11.8 Å². The van der Waals surface area contributed by atoms with E-state index in [1.807, 2.05) is 24.3 Å². The normalized spacial score (nSPS) is 13.6. The van der Waals surface area contributed by atoms with E-state index in [0.29, 0.717) is 0 Å². The highest BCUT2D eigenvalue weighted by molar-refractivity contribution is 7.99. The molecule has 0 saturated carbocycles. The molecule has 0 aliphatic rings. The van der Waals surface area contributed by atoms with Crippen LogP contribution in [0.2, 0.25) is 0 Å². The van der Waals surface area contributed by atoms with E-state index >= 15 is 0 Å². The molecule has 60 valence electrons. The van der Waals surface area contributed by atoms with E-state index in [4.69, 9.17) is 7.48 Å². The number of rotatable bonds is 3. The highest BCUT2D eigenvalue weighted by Crippen LogP contribution is 2.20. The van der Waals surface area contributed by atoms with Crippen LogP contribution in [0.15, 0.2) is 29.2 Å². The summed E-state index contributed by atoms with van der Waals surface area (Å²) in [6.45, 7) is 1.54. The fourth-order valence-corrected chi connectivity index (χ4v) is 1.27. The standard InChI is InChI=1S/C9H12OS/c1-3-11-9-6-4-8(10-2)5-7-9/h4-7H,3H2,1-2H3/i3+1H2. The molecule has 2 heteroatoms. The lowest BCUT2D eigenvalue weighted by molar-refractivity contribution is 0.414. The topological polar surface area (TPSA) is 9.23 Å². The molecule has 0 atom stereocenters. The predicted molar refractivity (Wildman–Crippen MR) is 49.4 cm³/mol. The Balaban J connectivity index is 2.70. The molecule has 0 bridgehead atoms. The lowest BCUT2D eigenvalue weighted by atomic mass is 10.3. The van der Waals surface area contributed by atoms with Crippen LogP contribution in [-0.2, 0) is 0 Å². The zero-order valence-electron chi connectivity index (χ0n) is 8.63. The van der Waals surface area contributed by atoms with Gasteiger partial charge in [0, 0.05) is 7.64 Å². The SMILES string of the molecule is [1H][13C]([1H])(C)Sc1ccc(OC)cc1. The van der Waals surface area contributed by atoms with E-state index in [1.54, 1.807) is 14.0 Å². The molecular weight excluding hydrogens is 157 g/mol. The Labute approximate surface area is 74.6 Å². The Morgan fingerprint density at radius 1 is 1.45 bits per heavy atom. The maximum atomic E-state index is 7.37. The highest BCUT2D eigenvalue weighted by atomic mass is 32.2. The molecule has 0 N–H and O–H groups in total. The van der Waals surface area contributed by atoms with Crippen LogP contribution in [0.4, 0.5) is 0 Å². The zero-order valence-corrected chi connectivity index (χ0v) is 7.44. The monoisotopic (exact) mass is 169 g/mol. The Kier molecular flexibility index (Phi) is 2.32. The minimum absolute atomic E-state index is 0.793. The summed E-state index contributed by atoms with van der Waals surface area (Å²) in [7, 11) is 1.61. The van der Waals surface area contributed by atoms with Gasteiger partial charge in [-0.3, -0.25) is 0 Å². The first kappa shape index (κ1) is 5.95. The van der Waals surface area contributed by atoms with Gasteiger partial charge >= 0.3 is 0 Å². The van der Waals surface area contributed by atoms with E-state index in [9.17, 15) is 0 Å². The number of ether oxygens (including phenoxy) is 1. The summed E-state index contributed by atoms with van der Waals surface area (Å²) in [5.41, 5.74) is -1.23. The van der Waals surface area contributed by atoms with Crippen molar-refractivity contribution in [2.45, 2.75) is 11.8 Å². The first-order chi connectivity index (χ1) is 6.01. The largest absolute Gasteiger partial charge is 0.497 e. The first-order valence-corrected chi connectivity index (χ1v) is 4.16. The van der Waals surface area contributed by atoms with E-state index in [1.165, 1.54) is 11.8 Å². The second-order valence-electron chi connectivity index (χ2n) is 1.98. The van der Waals surface area contributed by atoms with Gasteiger partial charge in [-0.25, -0.2) is 0 Å². The maximum Gasteiger partial charge on any atom is 0.118 e. The number of hydrogen-bond acceptors (Lipinski definition) is 2. The molecule has 1 aromatic rings. The quantitative estimate of drug-likeness (QED) is 0.508. The molecular formula is C9H12OS. The van der Waals surface area contributed by atoms with Crippen LogP contribution in [0.25, 0.3) is 0 Å². The molecule has 0 aromatic heterocycles. The van der Waals surface area contributed by atoms with Crippen molar-refractivity contribution in [3.8, 4) is 5.75 Å². The van der Waals surface area contributed by atoms with Gasteiger partial charge in [-0.1, -0.05) is 6.92 Å². The van der Waals surface area contributed by atoms with Crippen molar-refractivity contribution in [2.75, 3.05) is 12.8 Å². The lowest BCUT2D eigenvalue weighted by Gasteiger charge is -2.00. The molecule has 0 radical (unpaired) electrons. The number of hydrogen-bond donors (Lipinski definition) is 0. The molecule has 0 fully saturated rings. The minimum atomic E-state index is -1.23. The van der Waals surface area contributed by atoms with E-state index < -0.39 is 5.70 Å². The molecule has 0 amide bonds. The van der Waals surface area contributed by atoms with E-state index in [0.717, 1.165) is 10.6 Å². The van der Waals surface area contributed by atoms with Crippen molar-refractivity contribution in [2.24, 2.45) is 0 Å². The second-order valence-corrected chi connectivity index (χ2v) is 3.07.